The van der Waals surface area contributed by atoms with Crippen molar-refractivity contribution in [3.8, 4) is 11.3 Å². The number of fused-ring (bicyclic) bond motifs is 1. The highest BCUT2D eigenvalue weighted by molar-refractivity contribution is 6.00. The Hall–Kier alpha value is -3.20. The standard InChI is InChI=1S/C22H19F4N3O2/c1-22(2)10-29(6-5-27-22)20-16(25)8-11-7-14(21(30)31)19(28-18(11)17(20)26)13-9-12(23)3-4-15(13)24/h3-4,7-9,27H,5-6,10H2,1-2H3,(H,30,31). The van der Waals surface area contributed by atoms with E-state index >= 15 is 4.39 Å². The number of anilines is 1. The molecule has 1 fully saturated rings. The van der Waals surface area contributed by atoms with Crippen molar-refractivity contribution in [2.75, 3.05) is 24.5 Å². The first-order valence-electron chi connectivity index (χ1n) is 9.59. The van der Waals surface area contributed by atoms with Crippen molar-refractivity contribution in [1.82, 2.24) is 10.3 Å². The first kappa shape index (κ1) is 21.0. The van der Waals surface area contributed by atoms with E-state index in [9.17, 15) is 23.1 Å². The summed E-state index contributed by atoms with van der Waals surface area (Å²) in [6.45, 7) is 4.98. The molecule has 1 aliphatic rings. The minimum Gasteiger partial charge on any atom is -0.478 e. The maximum atomic E-state index is 15.5. The number of halogens is 4. The van der Waals surface area contributed by atoms with Crippen molar-refractivity contribution in [2.24, 2.45) is 0 Å². The Morgan fingerprint density at radius 1 is 1.13 bits per heavy atom. The fourth-order valence-electron chi connectivity index (χ4n) is 3.91. The van der Waals surface area contributed by atoms with E-state index in [1.54, 1.807) is 4.90 Å². The second-order valence-electron chi connectivity index (χ2n) is 8.14. The normalized spacial score (nSPS) is 16.0. The molecule has 9 heteroatoms. The van der Waals surface area contributed by atoms with Crippen molar-refractivity contribution in [1.29, 1.82) is 0 Å². The van der Waals surface area contributed by atoms with Gasteiger partial charge in [0.1, 0.15) is 28.7 Å². The number of benzene rings is 2. The van der Waals surface area contributed by atoms with Gasteiger partial charge in [0.15, 0.2) is 5.82 Å². The lowest BCUT2D eigenvalue weighted by Crippen LogP contribution is -2.57. The molecule has 0 spiro atoms. The summed E-state index contributed by atoms with van der Waals surface area (Å²) in [6, 6.07) is 4.52. The average molecular weight is 433 g/mol. The molecule has 0 radical (unpaired) electrons. The van der Waals surface area contributed by atoms with Gasteiger partial charge in [-0.15, -0.1) is 0 Å². The summed E-state index contributed by atoms with van der Waals surface area (Å²) in [7, 11) is 0. The summed E-state index contributed by atoms with van der Waals surface area (Å²) in [4.78, 5) is 17.3. The van der Waals surface area contributed by atoms with Gasteiger partial charge in [0.2, 0.25) is 0 Å². The number of carboxylic acid groups (broad SMARTS) is 1. The maximum Gasteiger partial charge on any atom is 0.337 e. The van der Waals surface area contributed by atoms with Crippen LogP contribution in [-0.4, -0.2) is 41.2 Å². The number of hydrogen-bond acceptors (Lipinski definition) is 4. The third-order valence-corrected chi connectivity index (χ3v) is 5.28. The van der Waals surface area contributed by atoms with Gasteiger partial charge in [-0.2, -0.15) is 0 Å². The molecule has 0 atom stereocenters. The number of rotatable bonds is 3. The molecule has 0 bridgehead atoms. The number of nitrogens with zero attached hydrogens (tertiary/aromatic N) is 2. The molecular formula is C22H19F4N3O2. The van der Waals surface area contributed by atoms with Crippen LogP contribution in [0.15, 0.2) is 30.3 Å². The van der Waals surface area contributed by atoms with E-state index in [1.165, 1.54) is 0 Å². The number of aromatic carboxylic acids is 1. The van der Waals surface area contributed by atoms with Gasteiger partial charge in [-0.25, -0.2) is 27.3 Å². The summed E-state index contributed by atoms with van der Waals surface area (Å²) < 4.78 is 58.5. The zero-order chi connectivity index (χ0) is 22.5. The molecule has 0 aliphatic carbocycles. The predicted molar refractivity (Wildman–Crippen MR) is 108 cm³/mol. The molecule has 162 valence electrons. The summed E-state index contributed by atoms with van der Waals surface area (Å²) in [5.74, 6) is -5.05. The Morgan fingerprint density at radius 2 is 1.87 bits per heavy atom. The van der Waals surface area contributed by atoms with Crippen LogP contribution >= 0.6 is 0 Å². The quantitative estimate of drug-likeness (QED) is 0.602. The molecular weight excluding hydrogens is 414 g/mol. The van der Waals surface area contributed by atoms with E-state index in [1.807, 2.05) is 13.8 Å². The summed E-state index contributed by atoms with van der Waals surface area (Å²) in [5.41, 5.74) is -2.35. The average Bonchev–Trinajstić information content (AvgIpc) is 2.68. The van der Waals surface area contributed by atoms with Gasteiger partial charge in [-0.05, 0) is 44.2 Å². The van der Waals surface area contributed by atoms with Crippen LogP contribution < -0.4 is 10.2 Å². The zero-order valence-electron chi connectivity index (χ0n) is 16.8. The molecule has 31 heavy (non-hydrogen) atoms. The highest BCUT2D eigenvalue weighted by atomic mass is 19.1. The van der Waals surface area contributed by atoms with Crippen LogP contribution in [0.1, 0.15) is 24.2 Å². The van der Waals surface area contributed by atoms with E-state index in [-0.39, 0.29) is 22.1 Å². The molecule has 3 aromatic rings. The van der Waals surface area contributed by atoms with E-state index in [2.05, 4.69) is 10.3 Å². The SMILES string of the molecule is CC1(C)CN(c2c(F)cc3cc(C(=O)O)c(-c4cc(F)ccc4F)nc3c2F)CCN1. The van der Waals surface area contributed by atoms with Crippen molar-refractivity contribution in [2.45, 2.75) is 19.4 Å². The molecule has 0 amide bonds. The number of aromatic nitrogens is 1. The molecule has 5 nitrogen and oxygen atoms in total. The highest BCUT2D eigenvalue weighted by Gasteiger charge is 2.31. The minimum atomic E-state index is -1.48. The van der Waals surface area contributed by atoms with Crippen LogP contribution in [0.2, 0.25) is 0 Å². The first-order chi connectivity index (χ1) is 14.6. The van der Waals surface area contributed by atoms with Gasteiger partial charge in [-0.1, -0.05) is 0 Å². The highest BCUT2D eigenvalue weighted by Crippen LogP contribution is 2.35. The Bertz CT molecular complexity index is 1210. The van der Waals surface area contributed by atoms with Crippen LogP contribution in [0.4, 0.5) is 23.2 Å². The van der Waals surface area contributed by atoms with Gasteiger partial charge in [-0.3, -0.25) is 0 Å². The van der Waals surface area contributed by atoms with E-state index in [0.29, 0.717) is 19.6 Å². The number of pyridine rings is 1. The topological polar surface area (TPSA) is 65.5 Å². The number of carboxylic acids is 1. The van der Waals surface area contributed by atoms with Crippen LogP contribution in [0.25, 0.3) is 22.2 Å². The summed E-state index contributed by atoms with van der Waals surface area (Å²) in [6.07, 6.45) is 0. The van der Waals surface area contributed by atoms with Crippen LogP contribution in [0.5, 0.6) is 0 Å². The lowest BCUT2D eigenvalue weighted by Gasteiger charge is -2.40. The second kappa shape index (κ2) is 7.49. The Balaban J connectivity index is 1.97. The minimum absolute atomic E-state index is 0.0916. The molecule has 0 unspecified atom stereocenters. The molecule has 4 rings (SSSR count). The van der Waals surface area contributed by atoms with Gasteiger partial charge in [0, 0.05) is 36.1 Å². The predicted octanol–water partition coefficient (Wildman–Crippen LogP) is 4.34. The van der Waals surface area contributed by atoms with E-state index < -0.39 is 46.1 Å². The van der Waals surface area contributed by atoms with Gasteiger partial charge < -0.3 is 15.3 Å². The van der Waals surface area contributed by atoms with Gasteiger partial charge in [0.05, 0.1) is 11.3 Å². The molecule has 0 saturated carbocycles. The van der Waals surface area contributed by atoms with E-state index in [4.69, 9.17) is 0 Å². The number of nitrogens with one attached hydrogen (secondary N) is 1. The maximum absolute atomic E-state index is 15.5. The Labute approximate surface area is 175 Å². The Morgan fingerprint density at radius 3 is 2.55 bits per heavy atom. The van der Waals surface area contributed by atoms with Crippen molar-refractivity contribution in [3.05, 3.63) is 59.2 Å². The third-order valence-electron chi connectivity index (χ3n) is 5.28. The molecule has 2 aromatic carbocycles. The van der Waals surface area contributed by atoms with Crippen molar-refractivity contribution in [3.63, 3.8) is 0 Å². The molecule has 1 saturated heterocycles. The fourth-order valence-corrected chi connectivity index (χ4v) is 3.91. The van der Waals surface area contributed by atoms with Gasteiger partial charge >= 0.3 is 5.97 Å². The summed E-state index contributed by atoms with van der Waals surface area (Å²) in [5, 5.41) is 12.7. The monoisotopic (exact) mass is 433 g/mol. The number of hydrogen-bond donors (Lipinski definition) is 2. The first-order valence-corrected chi connectivity index (χ1v) is 9.59. The zero-order valence-corrected chi connectivity index (χ0v) is 16.8. The van der Waals surface area contributed by atoms with Crippen molar-refractivity contribution < 1.29 is 27.5 Å². The number of piperazine rings is 1. The lowest BCUT2D eigenvalue weighted by atomic mass is 10.00. The lowest BCUT2D eigenvalue weighted by molar-refractivity contribution is 0.0697. The molecule has 2 N–H and O–H groups in total. The van der Waals surface area contributed by atoms with Gasteiger partial charge in [0.25, 0.3) is 0 Å². The fraction of sp³-hybridized carbons (Fsp3) is 0.273. The molecule has 1 aromatic heterocycles. The molecule has 1 aliphatic heterocycles. The van der Waals surface area contributed by atoms with E-state index in [0.717, 1.165) is 30.3 Å². The second-order valence-corrected chi connectivity index (χ2v) is 8.14. The summed E-state index contributed by atoms with van der Waals surface area (Å²) >= 11 is 0. The number of carbonyl (C=O) groups is 1. The van der Waals surface area contributed by atoms with Crippen molar-refractivity contribution >= 4 is 22.6 Å². The van der Waals surface area contributed by atoms with Crippen LogP contribution in [0.3, 0.4) is 0 Å². The third kappa shape index (κ3) is 3.81. The largest absolute Gasteiger partial charge is 0.478 e. The van der Waals surface area contributed by atoms with Crippen LogP contribution in [-0.2, 0) is 0 Å². The molecule has 2 heterocycles. The van der Waals surface area contributed by atoms with Crippen LogP contribution in [0, 0.1) is 23.3 Å². The Kier molecular flexibility index (Phi) is 5.09. The smallest absolute Gasteiger partial charge is 0.337 e.